The molecule has 0 atom stereocenters. The molecule has 6 nitrogen and oxygen atoms in total. The molecule has 1 fully saturated rings. The van der Waals surface area contributed by atoms with Crippen molar-refractivity contribution in [2.75, 3.05) is 11.9 Å². The van der Waals surface area contributed by atoms with Crippen LogP contribution in [0, 0.1) is 11.2 Å². The summed E-state index contributed by atoms with van der Waals surface area (Å²) in [5, 5.41) is 5.42. The molecule has 28 heavy (non-hydrogen) atoms. The fourth-order valence-corrected chi connectivity index (χ4v) is 2.86. The van der Waals surface area contributed by atoms with Crippen LogP contribution in [0.3, 0.4) is 0 Å². The van der Waals surface area contributed by atoms with Gasteiger partial charge in [-0.05, 0) is 49.6 Å². The van der Waals surface area contributed by atoms with Gasteiger partial charge in [0.2, 0.25) is 11.8 Å². The summed E-state index contributed by atoms with van der Waals surface area (Å²) >= 11 is 0. The molecule has 1 aliphatic carbocycles. The highest BCUT2D eigenvalue weighted by molar-refractivity contribution is 6.14. The van der Waals surface area contributed by atoms with Crippen molar-refractivity contribution < 1.29 is 23.5 Å². The fraction of sp³-hybridized carbons (Fsp3) is 0.286. The lowest BCUT2D eigenvalue weighted by Crippen LogP contribution is -2.39. The second-order valence-electron chi connectivity index (χ2n) is 6.61. The van der Waals surface area contributed by atoms with Gasteiger partial charge in [0.25, 0.3) is 0 Å². The monoisotopic (exact) mass is 384 g/mol. The normalized spacial score (nSPS) is 14.1. The number of anilines is 1. The fourth-order valence-electron chi connectivity index (χ4n) is 2.86. The molecule has 3 rings (SSSR count). The minimum atomic E-state index is -1.15. The Kier molecular flexibility index (Phi) is 5.73. The van der Waals surface area contributed by atoms with Gasteiger partial charge in [-0.2, -0.15) is 0 Å². The summed E-state index contributed by atoms with van der Waals surface area (Å²) in [6.45, 7) is 2.12. The van der Waals surface area contributed by atoms with Crippen LogP contribution in [-0.2, 0) is 20.9 Å². The quantitative estimate of drug-likeness (QED) is 0.568. The molecule has 1 saturated carbocycles. The summed E-state index contributed by atoms with van der Waals surface area (Å²) in [5.41, 5.74) is 0.129. The molecule has 2 aromatic carbocycles. The Labute approximate surface area is 162 Å². The minimum absolute atomic E-state index is 0.202. The number of amides is 2. The number of para-hydroxylation sites is 1. The molecule has 0 heterocycles. The smallest absolute Gasteiger partial charge is 0.340 e. The Bertz CT molecular complexity index is 892. The predicted molar refractivity (Wildman–Crippen MR) is 101 cm³/mol. The summed E-state index contributed by atoms with van der Waals surface area (Å²) in [7, 11) is 0. The number of benzene rings is 2. The molecule has 0 aromatic heterocycles. The van der Waals surface area contributed by atoms with Crippen LogP contribution in [0.15, 0.2) is 48.5 Å². The summed E-state index contributed by atoms with van der Waals surface area (Å²) in [4.78, 5) is 37.4. The van der Waals surface area contributed by atoms with Crippen molar-refractivity contribution in [3.63, 3.8) is 0 Å². The molecule has 0 unspecified atom stereocenters. The number of esters is 1. The zero-order valence-electron chi connectivity index (χ0n) is 15.5. The van der Waals surface area contributed by atoms with E-state index in [0.717, 1.165) is 5.56 Å². The number of ether oxygens (including phenoxy) is 1. The van der Waals surface area contributed by atoms with Crippen LogP contribution in [0.2, 0.25) is 0 Å². The van der Waals surface area contributed by atoms with Gasteiger partial charge >= 0.3 is 5.97 Å². The van der Waals surface area contributed by atoms with Gasteiger partial charge in [0.15, 0.2) is 0 Å². The van der Waals surface area contributed by atoms with E-state index in [9.17, 15) is 18.8 Å². The number of rotatable bonds is 7. The minimum Gasteiger partial charge on any atom is -0.462 e. The third kappa shape index (κ3) is 4.19. The first-order valence-corrected chi connectivity index (χ1v) is 9.06. The lowest BCUT2D eigenvalue weighted by Gasteiger charge is -2.17. The molecule has 1 aliphatic rings. The molecule has 0 spiro atoms. The highest BCUT2D eigenvalue weighted by Gasteiger charge is 2.56. The zero-order chi connectivity index (χ0) is 20.1. The second-order valence-corrected chi connectivity index (χ2v) is 6.61. The van der Waals surface area contributed by atoms with Crippen molar-refractivity contribution in [3.05, 3.63) is 65.5 Å². The molecule has 0 aliphatic heterocycles. The molecular formula is C21H21FN2O4. The SMILES string of the molecule is CCOC(=O)c1ccccc1NC(=O)C1(C(=O)NCc2ccc(F)cc2)CC1. The third-order valence-electron chi connectivity index (χ3n) is 4.66. The average Bonchev–Trinajstić information content (AvgIpc) is 3.50. The largest absolute Gasteiger partial charge is 0.462 e. The maximum atomic E-state index is 13.0. The van der Waals surface area contributed by atoms with Gasteiger partial charge in [0, 0.05) is 6.54 Å². The second kappa shape index (κ2) is 8.21. The molecule has 146 valence electrons. The lowest BCUT2D eigenvalue weighted by molar-refractivity contribution is -0.134. The first kappa shape index (κ1) is 19.5. The van der Waals surface area contributed by atoms with Gasteiger partial charge in [-0.1, -0.05) is 24.3 Å². The van der Waals surface area contributed by atoms with E-state index in [1.165, 1.54) is 12.1 Å². The highest BCUT2D eigenvalue weighted by Crippen LogP contribution is 2.47. The summed E-state index contributed by atoms with van der Waals surface area (Å²) < 4.78 is 18.0. The highest BCUT2D eigenvalue weighted by atomic mass is 19.1. The number of carbonyl (C=O) groups excluding carboxylic acids is 3. The van der Waals surface area contributed by atoms with Crippen molar-refractivity contribution in [1.29, 1.82) is 0 Å². The molecule has 0 saturated heterocycles. The number of carbonyl (C=O) groups is 3. The van der Waals surface area contributed by atoms with E-state index < -0.39 is 17.3 Å². The van der Waals surface area contributed by atoms with E-state index >= 15 is 0 Å². The van der Waals surface area contributed by atoms with Crippen molar-refractivity contribution >= 4 is 23.5 Å². The van der Waals surface area contributed by atoms with Crippen LogP contribution in [0.5, 0.6) is 0 Å². The Morgan fingerprint density at radius 1 is 1.04 bits per heavy atom. The van der Waals surface area contributed by atoms with Crippen molar-refractivity contribution in [2.24, 2.45) is 5.41 Å². The van der Waals surface area contributed by atoms with Crippen molar-refractivity contribution in [3.8, 4) is 0 Å². The molecule has 2 amide bonds. The van der Waals surface area contributed by atoms with E-state index in [1.54, 1.807) is 43.3 Å². The van der Waals surface area contributed by atoms with Crippen LogP contribution < -0.4 is 10.6 Å². The molecule has 0 bridgehead atoms. The first-order valence-electron chi connectivity index (χ1n) is 9.06. The van der Waals surface area contributed by atoms with Crippen LogP contribution >= 0.6 is 0 Å². The Morgan fingerprint density at radius 3 is 2.36 bits per heavy atom. The predicted octanol–water partition coefficient (Wildman–Crippen LogP) is 3.04. The summed E-state index contributed by atoms with van der Waals surface area (Å²) in [5.74, 6) is -1.74. The molecular weight excluding hydrogens is 363 g/mol. The van der Waals surface area contributed by atoms with Gasteiger partial charge in [-0.3, -0.25) is 9.59 Å². The van der Waals surface area contributed by atoms with Crippen LogP contribution in [-0.4, -0.2) is 24.4 Å². The Balaban J connectivity index is 1.66. The van der Waals surface area contributed by atoms with Crippen LogP contribution in [0.1, 0.15) is 35.7 Å². The average molecular weight is 384 g/mol. The van der Waals surface area contributed by atoms with E-state index in [1.807, 2.05) is 0 Å². The van der Waals surface area contributed by atoms with Gasteiger partial charge in [0.05, 0.1) is 17.9 Å². The summed E-state index contributed by atoms with van der Waals surface area (Å²) in [6, 6.07) is 12.3. The zero-order valence-corrected chi connectivity index (χ0v) is 15.5. The molecule has 2 aromatic rings. The lowest BCUT2D eigenvalue weighted by atomic mass is 10.0. The first-order chi connectivity index (χ1) is 13.5. The van der Waals surface area contributed by atoms with E-state index in [2.05, 4.69) is 10.6 Å². The molecule has 0 radical (unpaired) electrons. The van der Waals surface area contributed by atoms with E-state index in [-0.39, 0.29) is 30.4 Å². The van der Waals surface area contributed by atoms with E-state index in [0.29, 0.717) is 18.5 Å². The van der Waals surface area contributed by atoms with Crippen LogP contribution in [0.25, 0.3) is 0 Å². The number of hydrogen-bond donors (Lipinski definition) is 2. The summed E-state index contributed by atoms with van der Waals surface area (Å²) in [6.07, 6.45) is 0.852. The van der Waals surface area contributed by atoms with Gasteiger partial charge in [-0.15, -0.1) is 0 Å². The maximum Gasteiger partial charge on any atom is 0.340 e. The number of nitrogens with one attached hydrogen (secondary N) is 2. The Morgan fingerprint density at radius 2 is 1.71 bits per heavy atom. The standard InChI is InChI=1S/C21H21FN2O4/c1-2-28-18(25)16-5-3-4-6-17(16)24-20(27)21(11-12-21)19(26)23-13-14-7-9-15(22)10-8-14/h3-10H,2,11-13H2,1H3,(H,23,26)(H,24,27). The van der Waals surface area contributed by atoms with Crippen LogP contribution in [0.4, 0.5) is 10.1 Å². The Hall–Kier alpha value is -3.22. The molecule has 7 heteroatoms. The molecule has 2 N–H and O–H groups in total. The number of hydrogen-bond acceptors (Lipinski definition) is 4. The van der Waals surface area contributed by atoms with Gasteiger partial charge < -0.3 is 15.4 Å². The van der Waals surface area contributed by atoms with Crippen molar-refractivity contribution in [2.45, 2.75) is 26.3 Å². The third-order valence-corrected chi connectivity index (χ3v) is 4.66. The van der Waals surface area contributed by atoms with Crippen molar-refractivity contribution in [1.82, 2.24) is 5.32 Å². The maximum absolute atomic E-state index is 13.0. The van der Waals surface area contributed by atoms with Gasteiger partial charge in [-0.25, -0.2) is 9.18 Å². The van der Waals surface area contributed by atoms with Gasteiger partial charge in [0.1, 0.15) is 11.2 Å². The topological polar surface area (TPSA) is 84.5 Å². The number of halogens is 1. The van der Waals surface area contributed by atoms with E-state index in [4.69, 9.17) is 4.74 Å².